The number of hydrogen-bond donors (Lipinski definition) is 0. The first-order valence-electron chi connectivity index (χ1n) is 4.54. The third kappa shape index (κ3) is 3.79. The van der Waals surface area contributed by atoms with Gasteiger partial charge in [0.1, 0.15) is 5.82 Å². The Hall–Kier alpha value is -1.87. The predicted octanol–water partition coefficient (Wildman–Crippen LogP) is 3.24. The summed E-state index contributed by atoms with van der Waals surface area (Å²) in [5.74, 6) is -0.347. The predicted molar refractivity (Wildman–Crippen MR) is 56.6 cm³/mol. The number of aromatic nitrogens is 1. The van der Waals surface area contributed by atoms with Gasteiger partial charge in [-0.3, -0.25) is 4.98 Å². The molecule has 0 aliphatic heterocycles. The van der Waals surface area contributed by atoms with Crippen molar-refractivity contribution >= 4 is 6.08 Å². The lowest BCUT2D eigenvalue weighted by molar-refractivity contribution is 0.616. The molecule has 4 nitrogen and oxygen atoms in total. The van der Waals surface area contributed by atoms with Crippen LogP contribution in [0.5, 0.6) is 0 Å². The molecule has 0 aliphatic carbocycles. The zero-order chi connectivity index (χ0) is 11.1. The summed E-state index contributed by atoms with van der Waals surface area (Å²) in [6.07, 6.45) is 3.91. The summed E-state index contributed by atoms with van der Waals surface area (Å²) in [5, 5.41) is 3.36. The summed E-state index contributed by atoms with van der Waals surface area (Å²) in [7, 11) is 0. The van der Waals surface area contributed by atoms with Gasteiger partial charge in [-0.05, 0) is 37.1 Å². The molecule has 0 unspecified atom stereocenters. The Bertz CT molecular complexity index is 408. The van der Waals surface area contributed by atoms with Crippen LogP contribution < -0.4 is 0 Å². The SMILES string of the molecule is Cc1ccc(F)c(C=CCCN=[N+]=[N-])n1. The molecular weight excluding hydrogens is 195 g/mol. The van der Waals surface area contributed by atoms with Crippen LogP contribution in [0.3, 0.4) is 0 Å². The third-order valence-corrected chi connectivity index (χ3v) is 1.75. The normalized spacial score (nSPS) is 10.3. The van der Waals surface area contributed by atoms with E-state index in [1.165, 1.54) is 6.07 Å². The zero-order valence-electron chi connectivity index (χ0n) is 8.39. The van der Waals surface area contributed by atoms with E-state index >= 15 is 0 Å². The summed E-state index contributed by atoms with van der Waals surface area (Å²) in [6.45, 7) is 2.18. The average Bonchev–Trinajstić information content (AvgIpc) is 2.23. The molecule has 78 valence electrons. The fraction of sp³-hybridized carbons (Fsp3) is 0.300. The van der Waals surface area contributed by atoms with Gasteiger partial charge in [0.2, 0.25) is 0 Å². The molecule has 0 saturated carbocycles. The van der Waals surface area contributed by atoms with Crippen LogP contribution in [0, 0.1) is 12.7 Å². The van der Waals surface area contributed by atoms with Crippen molar-refractivity contribution in [3.63, 3.8) is 0 Å². The Morgan fingerprint density at radius 1 is 1.60 bits per heavy atom. The molecule has 1 heterocycles. The van der Waals surface area contributed by atoms with Gasteiger partial charge >= 0.3 is 0 Å². The first kappa shape index (κ1) is 11.2. The minimum atomic E-state index is -0.347. The standard InChI is InChI=1S/C10H11FN4/c1-8-5-6-9(11)10(14-8)4-2-3-7-13-15-12/h2,4-6H,3,7H2,1H3. The maximum absolute atomic E-state index is 13.1. The summed E-state index contributed by atoms with van der Waals surface area (Å²) in [4.78, 5) is 6.64. The second-order valence-electron chi connectivity index (χ2n) is 2.97. The van der Waals surface area contributed by atoms with Crippen molar-refractivity contribution in [2.45, 2.75) is 13.3 Å². The molecule has 5 heteroatoms. The summed E-state index contributed by atoms with van der Waals surface area (Å²) < 4.78 is 13.1. The number of azide groups is 1. The Morgan fingerprint density at radius 2 is 2.40 bits per heavy atom. The Balaban J connectivity index is 2.63. The van der Waals surface area contributed by atoms with Crippen LogP contribution in [-0.2, 0) is 0 Å². The molecule has 0 aromatic carbocycles. The largest absolute Gasteiger partial charge is 0.251 e. The molecule has 0 atom stereocenters. The fourth-order valence-electron chi connectivity index (χ4n) is 1.05. The highest BCUT2D eigenvalue weighted by molar-refractivity contribution is 5.45. The Kier molecular flexibility index (Phi) is 4.31. The van der Waals surface area contributed by atoms with Gasteiger partial charge in [0, 0.05) is 17.2 Å². The Morgan fingerprint density at radius 3 is 3.13 bits per heavy atom. The van der Waals surface area contributed by atoms with Gasteiger partial charge in [-0.2, -0.15) is 0 Å². The number of halogens is 1. The lowest BCUT2D eigenvalue weighted by Crippen LogP contribution is -1.90. The molecule has 1 aromatic rings. The van der Waals surface area contributed by atoms with Gasteiger partial charge in [0.25, 0.3) is 0 Å². The molecule has 0 aliphatic rings. The molecule has 0 fully saturated rings. The maximum Gasteiger partial charge on any atom is 0.148 e. The van der Waals surface area contributed by atoms with E-state index in [4.69, 9.17) is 5.53 Å². The first-order valence-corrected chi connectivity index (χ1v) is 4.54. The molecular formula is C10H11FN4. The van der Waals surface area contributed by atoms with Crippen LogP contribution in [0.4, 0.5) is 4.39 Å². The van der Waals surface area contributed by atoms with Crippen molar-refractivity contribution in [1.29, 1.82) is 0 Å². The smallest absolute Gasteiger partial charge is 0.148 e. The topological polar surface area (TPSA) is 61.7 Å². The second-order valence-corrected chi connectivity index (χ2v) is 2.97. The van der Waals surface area contributed by atoms with Crippen LogP contribution in [-0.4, -0.2) is 11.5 Å². The van der Waals surface area contributed by atoms with Crippen LogP contribution in [0.25, 0.3) is 16.5 Å². The quantitative estimate of drug-likeness (QED) is 0.323. The van der Waals surface area contributed by atoms with Crippen molar-refractivity contribution in [2.75, 3.05) is 6.54 Å². The van der Waals surface area contributed by atoms with Crippen LogP contribution in [0.15, 0.2) is 23.3 Å². The third-order valence-electron chi connectivity index (χ3n) is 1.75. The molecule has 0 spiro atoms. The monoisotopic (exact) mass is 206 g/mol. The van der Waals surface area contributed by atoms with Gasteiger partial charge in [-0.1, -0.05) is 11.2 Å². The van der Waals surface area contributed by atoms with E-state index in [-0.39, 0.29) is 5.82 Å². The van der Waals surface area contributed by atoms with Gasteiger partial charge in [-0.15, -0.1) is 0 Å². The lowest BCUT2D eigenvalue weighted by Gasteiger charge is -1.97. The number of aryl methyl sites for hydroxylation is 1. The minimum absolute atomic E-state index is 0.316. The van der Waals surface area contributed by atoms with E-state index < -0.39 is 0 Å². The zero-order valence-corrected chi connectivity index (χ0v) is 8.39. The van der Waals surface area contributed by atoms with Crippen molar-refractivity contribution in [3.8, 4) is 0 Å². The number of hydrogen-bond acceptors (Lipinski definition) is 2. The average molecular weight is 206 g/mol. The number of nitrogens with zero attached hydrogens (tertiary/aromatic N) is 4. The van der Waals surface area contributed by atoms with E-state index in [2.05, 4.69) is 15.0 Å². The van der Waals surface area contributed by atoms with E-state index in [9.17, 15) is 4.39 Å². The van der Waals surface area contributed by atoms with Crippen molar-refractivity contribution in [3.05, 3.63) is 45.9 Å². The highest BCUT2D eigenvalue weighted by atomic mass is 19.1. The minimum Gasteiger partial charge on any atom is -0.251 e. The number of pyridine rings is 1. The number of rotatable bonds is 4. The van der Waals surface area contributed by atoms with E-state index in [0.29, 0.717) is 18.7 Å². The summed E-state index contributed by atoms with van der Waals surface area (Å²) >= 11 is 0. The van der Waals surface area contributed by atoms with Crippen molar-refractivity contribution in [1.82, 2.24) is 4.98 Å². The molecule has 0 N–H and O–H groups in total. The molecule has 1 rings (SSSR count). The molecule has 1 aromatic heterocycles. The second kappa shape index (κ2) is 5.78. The van der Waals surface area contributed by atoms with Crippen LogP contribution in [0.2, 0.25) is 0 Å². The van der Waals surface area contributed by atoms with Gasteiger partial charge in [-0.25, -0.2) is 4.39 Å². The fourth-order valence-corrected chi connectivity index (χ4v) is 1.05. The van der Waals surface area contributed by atoms with Crippen molar-refractivity contribution < 1.29 is 4.39 Å². The summed E-state index contributed by atoms with van der Waals surface area (Å²) in [5.41, 5.74) is 9.11. The van der Waals surface area contributed by atoms with E-state index in [1.807, 2.05) is 0 Å². The molecule has 0 bridgehead atoms. The van der Waals surface area contributed by atoms with E-state index in [0.717, 1.165) is 5.69 Å². The lowest BCUT2D eigenvalue weighted by atomic mass is 10.2. The highest BCUT2D eigenvalue weighted by Gasteiger charge is 1.98. The maximum atomic E-state index is 13.1. The summed E-state index contributed by atoms with van der Waals surface area (Å²) in [6, 6.07) is 3.00. The molecule has 0 saturated heterocycles. The Labute approximate surface area is 87.1 Å². The van der Waals surface area contributed by atoms with Crippen LogP contribution >= 0.6 is 0 Å². The first-order chi connectivity index (χ1) is 7.24. The van der Waals surface area contributed by atoms with Gasteiger partial charge in [0.05, 0.1) is 5.69 Å². The van der Waals surface area contributed by atoms with E-state index in [1.54, 1.807) is 25.1 Å². The highest BCUT2D eigenvalue weighted by Crippen LogP contribution is 2.07. The van der Waals surface area contributed by atoms with Gasteiger partial charge in [0.15, 0.2) is 0 Å². The molecule has 0 radical (unpaired) electrons. The van der Waals surface area contributed by atoms with Crippen LogP contribution in [0.1, 0.15) is 17.8 Å². The van der Waals surface area contributed by atoms with Crippen molar-refractivity contribution in [2.24, 2.45) is 5.11 Å². The van der Waals surface area contributed by atoms with Gasteiger partial charge < -0.3 is 0 Å². The molecule has 15 heavy (non-hydrogen) atoms. The molecule has 0 amide bonds.